The molecule has 1 N–H and O–H groups in total. The second-order valence-corrected chi connectivity index (χ2v) is 6.72. The van der Waals surface area contributed by atoms with Gasteiger partial charge in [-0.25, -0.2) is 17.5 Å². The predicted molar refractivity (Wildman–Crippen MR) is 66.1 cm³/mol. The van der Waals surface area contributed by atoms with Crippen molar-refractivity contribution in [1.82, 2.24) is 4.72 Å². The molecule has 0 bridgehead atoms. The van der Waals surface area contributed by atoms with E-state index in [9.17, 15) is 17.6 Å². The van der Waals surface area contributed by atoms with Crippen LogP contribution < -0.4 is 4.72 Å². The molecule has 100 valence electrons. The molecule has 4 nitrogen and oxygen atoms in total. The van der Waals surface area contributed by atoms with Crippen LogP contribution >= 0.6 is 0 Å². The molecule has 1 aromatic carbocycles. The largest absolute Gasteiger partial charge is 0.298 e. The minimum atomic E-state index is -3.77. The Kier molecular flexibility index (Phi) is 4.24. The lowest BCUT2D eigenvalue weighted by Crippen LogP contribution is -2.35. The predicted octanol–water partition coefficient (Wildman–Crippen LogP) is 1.72. The van der Waals surface area contributed by atoms with Gasteiger partial charge in [0.25, 0.3) is 0 Å². The van der Waals surface area contributed by atoms with Crippen molar-refractivity contribution in [2.75, 3.05) is 6.54 Å². The van der Waals surface area contributed by atoms with E-state index in [-0.39, 0.29) is 17.2 Å². The average Bonchev–Trinajstić information content (AvgIpc) is 2.25. The Bertz CT molecular complexity index is 529. The lowest BCUT2D eigenvalue weighted by Gasteiger charge is -2.16. The van der Waals surface area contributed by atoms with Gasteiger partial charge in [-0.15, -0.1) is 0 Å². The summed E-state index contributed by atoms with van der Waals surface area (Å²) in [7, 11) is -3.77. The van der Waals surface area contributed by atoms with Crippen LogP contribution in [0.2, 0.25) is 0 Å². The first kappa shape index (κ1) is 14.8. The summed E-state index contributed by atoms with van der Waals surface area (Å²) in [5.74, 6) is -0.729. The Morgan fingerprint density at radius 3 is 2.17 bits per heavy atom. The van der Waals surface area contributed by atoms with Gasteiger partial charge in [0.05, 0.1) is 11.4 Å². The summed E-state index contributed by atoms with van der Waals surface area (Å²) in [5, 5.41) is 0. The fourth-order valence-electron chi connectivity index (χ4n) is 1.12. The minimum Gasteiger partial charge on any atom is -0.298 e. The van der Waals surface area contributed by atoms with Crippen LogP contribution in [0.3, 0.4) is 0 Å². The third-order valence-corrected chi connectivity index (χ3v) is 3.80. The first-order valence-electron chi connectivity index (χ1n) is 5.41. The molecule has 0 aromatic heterocycles. The monoisotopic (exact) mass is 273 g/mol. The Labute approximate surface area is 106 Å². The molecule has 0 fully saturated rings. The topological polar surface area (TPSA) is 63.2 Å². The molecule has 1 aromatic rings. The SMILES string of the molecule is CC(C)(C)C(=O)CNS(=O)(=O)c1ccc(F)cc1. The second kappa shape index (κ2) is 5.16. The molecule has 0 saturated heterocycles. The fraction of sp³-hybridized carbons (Fsp3) is 0.417. The van der Waals surface area contributed by atoms with Crippen molar-refractivity contribution in [2.45, 2.75) is 25.7 Å². The number of carbonyl (C=O) groups is 1. The quantitative estimate of drug-likeness (QED) is 0.908. The average molecular weight is 273 g/mol. The number of rotatable bonds is 4. The number of carbonyl (C=O) groups excluding carboxylic acids is 1. The van der Waals surface area contributed by atoms with Crippen molar-refractivity contribution >= 4 is 15.8 Å². The van der Waals surface area contributed by atoms with Crippen molar-refractivity contribution in [3.05, 3.63) is 30.1 Å². The number of Topliss-reactive ketones (excluding diaryl/α,β-unsaturated/α-hetero) is 1. The van der Waals surface area contributed by atoms with Crippen LogP contribution in [0.15, 0.2) is 29.2 Å². The molecule has 0 amide bonds. The Morgan fingerprint density at radius 2 is 1.72 bits per heavy atom. The Hall–Kier alpha value is -1.27. The molecular weight excluding hydrogens is 257 g/mol. The molecular formula is C12H16FNO3S. The molecule has 0 aliphatic rings. The molecule has 1 rings (SSSR count). The van der Waals surface area contributed by atoms with Crippen molar-refractivity contribution < 1.29 is 17.6 Å². The number of benzene rings is 1. The van der Waals surface area contributed by atoms with Gasteiger partial charge in [0.15, 0.2) is 5.78 Å². The smallest absolute Gasteiger partial charge is 0.240 e. The molecule has 0 aliphatic heterocycles. The van der Waals surface area contributed by atoms with Crippen LogP contribution in [-0.4, -0.2) is 20.7 Å². The van der Waals surface area contributed by atoms with E-state index >= 15 is 0 Å². The van der Waals surface area contributed by atoms with E-state index in [1.54, 1.807) is 20.8 Å². The van der Waals surface area contributed by atoms with Crippen LogP contribution in [0.25, 0.3) is 0 Å². The van der Waals surface area contributed by atoms with Crippen LogP contribution in [0, 0.1) is 11.2 Å². The first-order valence-corrected chi connectivity index (χ1v) is 6.90. The fourth-order valence-corrected chi connectivity index (χ4v) is 2.10. The van der Waals surface area contributed by atoms with Gasteiger partial charge in [0, 0.05) is 5.41 Å². The molecule has 18 heavy (non-hydrogen) atoms. The van der Waals surface area contributed by atoms with Crippen molar-refractivity contribution in [1.29, 1.82) is 0 Å². The van der Waals surface area contributed by atoms with E-state index in [0.29, 0.717) is 0 Å². The Morgan fingerprint density at radius 1 is 1.22 bits per heavy atom. The summed E-state index contributed by atoms with van der Waals surface area (Å²) in [6.07, 6.45) is 0. The summed E-state index contributed by atoms with van der Waals surface area (Å²) in [6.45, 7) is 4.85. The highest BCUT2D eigenvalue weighted by molar-refractivity contribution is 7.89. The number of hydrogen-bond donors (Lipinski definition) is 1. The van der Waals surface area contributed by atoms with E-state index in [1.807, 2.05) is 0 Å². The number of ketones is 1. The maximum atomic E-state index is 12.7. The molecule has 0 heterocycles. The zero-order valence-electron chi connectivity index (χ0n) is 10.5. The summed E-state index contributed by atoms with van der Waals surface area (Å²) in [5.41, 5.74) is -0.606. The van der Waals surface area contributed by atoms with Gasteiger partial charge in [-0.1, -0.05) is 20.8 Å². The number of halogens is 1. The molecule has 0 aliphatic carbocycles. The summed E-state index contributed by atoms with van der Waals surface area (Å²) in [6, 6.07) is 4.42. The molecule has 6 heteroatoms. The lowest BCUT2D eigenvalue weighted by molar-refractivity contribution is -0.125. The lowest BCUT2D eigenvalue weighted by atomic mass is 9.91. The zero-order chi connectivity index (χ0) is 14.0. The van der Waals surface area contributed by atoms with Crippen molar-refractivity contribution in [3.8, 4) is 0 Å². The number of nitrogens with one attached hydrogen (secondary N) is 1. The van der Waals surface area contributed by atoms with E-state index in [2.05, 4.69) is 4.72 Å². The third kappa shape index (κ3) is 3.89. The molecule has 0 atom stereocenters. The maximum Gasteiger partial charge on any atom is 0.240 e. The standard InChI is InChI=1S/C12H16FNO3S/c1-12(2,3)11(15)8-14-18(16,17)10-6-4-9(13)5-7-10/h4-7,14H,8H2,1-3H3. The highest BCUT2D eigenvalue weighted by Crippen LogP contribution is 2.15. The van der Waals surface area contributed by atoms with Gasteiger partial charge in [0.2, 0.25) is 10.0 Å². The zero-order valence-corrected chi connectivity index (χ0v) is 11.3. The van der Waals surface area contributed by atoms with E-state index in [0.717, 1.165) is 24.3 Å². The van der Waals surface area contributed by atoms with E-state index in [1.165, 1.54) is 0 Å². The number of sulfonamides is 1. The van der Waals surface area contributed by atoms with Crippen LogP contribution in [0.1, 0.15) is 20.8 Å². The van der Waals surface area contributed by atoms with Gasteiger partial charge < -0.3 is 0 Å². The first-order chi connectivity index (χ1) is 8.13. The van der Waals surface area contributed by atoms with E-state index in [4.69, 9.17) is 0 Å². The molecule has 0 spiro atoms. The number of hydrogen-bond acceptors (Lipinski definition) is 3. The third-order valence-electron chi connectivity index (χ3n) is 2.38. The minimum absolute atomic E-state index is 0.0643. The van der Waals surface area contributed by atoms with Gasteiger partial charge >= 0.3 is 0 Å². The van der Waals surface area contributed by atoms with Crippen LogP contribution in [0.5, 0.6) is 0 Å². The maximum absolute atomic E-state index is 12.7. The Balaban J connectivity index is 2.78. The van der Waals surface area contributed by atoms with Gasteiger partial charge in [0.1, 0.15) is 5.82 Å². The van der Waals surface area contributed by atoms with E-state index < -0.39 is 21.3 Å². The summed E-state index contributed by atoms with van der Waals surface area (Å²) < 4.78 is 38.5. The van der Waals surface area contributed by atoms with Crippen molar-refractivity contribution in [3.63, 3.8) is 0 Å². The van der Waals surface area contributed by atoms with Crippen LogP contribution in [-0.2, 0) is 14.8 Å². The molecule has 0 radical (unpaired) electrons. The van der Waals surface area contributed by atoms with Gasteiger partial charge in [-0.2, -0.15) is 0 Å². The molecule has 0 saturated carbocycles. The highest BCUT2D eigenvalue weighted by Gasteiger charge is 2.23. The normalized spacial score (nSPS) is 12.4. The van der Waals surface area contributed by atoms with Crippen molar-refractivity contribution in [2.24, 2.45) is 5.41 Å². The second-order valence-electron chi connectivity index (χ2n) is 4.95. The van der Waals surface area contributed by atoms with Gasteiger partial charge in [-0.3, -0.25) is 4.79 Å². The highest BCUT2D eigenvalue weighted by atomic mass is 32.2. The molecule has 0 unspecified atom stereocenters. The summed E-state index contributed by atoms with van der Waals surface area (Å²) in [4.78, 5) is 11.5. The van der Waals surface area contributed by atoms with Crippen LogP contribution in [0.4, 0.5) is 4.39 Å². The summed E-state index contributed by atoms with van der Waals surface area (Å²) >= 11 is 0. The van der Waals surface area contributed by atoms with Gasteiger partial charge in [-0.05, 0) is 24.3 Å².